The summed E-state index contributed by atoms with van der Waals surface area (Å²) in [5, 5.41) is 0. The Labute approximate surface area is 138 Å². The quantitative estimate of drug-likeness (QED) is 0.812. The molecule has 22 heavy (non-hydrogen) atoms. The third-order valence-corrected chi connectivity index (χ3v) is 4.55. The monoisotopic (exact) mass is 379 g/mol. The van der Waals surface area contributed by atoms with E-state index in [4.69, 9.17) is 4.74 Å². The lowest BCUT2D eigenvalue weighted by Crippen LogP contribution is -2.23. The molecule has 2 rings (SSSR count). The van der Waals surface area contributed by atoms with E-state index in [2.05, 4.69) is 32.5 Å². The van der Waals surface area contributed by atoms with E-state index in [1.165, 1.54) is 12.1 Å². The molecule has 0 radical (unpaired) electrons. The molecule has 6 heteroatoms. The first-order valence-electron chi connectivity index (χ1n) is 6.47. The van der Waals surface area contributed by atoms with Crippen LogP contribution in [0, 0.1) is 11.8 Å². The molecule has 0 aliphatic rings. The molecule has 0 aromatic heterocycles. The topological polar surface area (TPSA) is 55.4 Å². The Kier molecular flexibility index (Phi) is 6.01. The summed E-state index contributed by atoms with van der Waals surface area (Å²) in [5.74, 6) is 6.18. The molecule has 0 amide bonds. The number of halogens is 1. The van der Waals surface area contributed by atoms with E-state index in [-0.39, 0.29) is 18.0 Å². The van der Waals surface area contributed by atoms with Crippen LogP contribution in [0.2, 0.25) is 0 Å². The molecule has 1 N–H and O–H groups in total. The van der Waals surface area contributed by atoms with Gasteiger partial charge in [0, 0.05) is 4.47 Å². The average molecular weight is 380 g/mol. The van der Waals surface area contributed by atoms with Gasteiger partial charge in [0.2, 0.25) is 10.0 Å². The van der Waals surface area contributed by atoms with E-state index in [9.17, 15) is 8.42 Å². The van der Waals surface area contributed by atoms with Crippen LogP contribution in [0.1, 0.15) is 0 Å². The van der Waals surface area contributed by atoms with Crippen molar-refractivity contribution in [1.82, 2.24) is 4.72 Å². The van der Waals surface area contributed by atoms with Crippen LogP contribution in [0.3, 0.4) is 0 Å². The second-order valence-corrected chi connectivity index (χ2v) is 6.92. The molecule has 0 bridgehead atoms. The van der Waals surface area contributed by atoms with Gasteiger partial charge in [0.1, 0.15) is 12.4 Å². The lowest BCUT2D eigenvalue weighted by Gasteiger charge is -2.03. The van der Waals surface area contributed by atoms with Crippen LogP contribution in [0.15, 0.2) is 64.0 Å². The van der Waals surface area contributed by atoms with Crippen LogP contribution in [-0.4, -0.2) is 21.6 Å². The molecule has 4 nitrogen and oxygen atoms in total. The van der Waals surface area contributed by atoms with Crippen LogP contribution in [0.25, 0.3) is 0 Å². The fourth-order valence-corrected chi connectivity index (χ4v) is 2.93. The number of nitrogens with one attached hydrogen (secondary N) is 1. The lowest BCUT2D eigenvalue weighted by molar-refractivity contribution is 0.370. The number of benzene rings is 2. The average Bonchev–Trinajstić information content (AvgIpc) is 2.52. The third-order valence-electron chi connectivity index (χ3n) is 2.64. The van der Waals surface area contributed by atoms with E-state index < -0.39 is 10.0 Å². The largest absolute Gasteiger partial charge is 0.481 e. The Bertz CT molecular complexity index is 780. The third kappa shape index (κ3) is 5.19. The van der Waals surface area contributed by atoms with Crippen LogP contribution >= 0.6 is 15.9 Å². The lowest BCUT2D eigenvalue weighted by atomic mass is 10.3. The van der Waals surface area contributed by atoms with Gasteiger partial charge in [-0.2, -0.15) is 4.72 Å². The smallest absolute Gasteiger partial charge is 0.241 e. The SMILES string of the molecule is O=S(=O)(NCC#CCOc1cccc(Br)c1)c1ccccc1. The number of ether oxygens (including phenoxy) is 1. The molecule has 0 fully saturated rings. The first kappa shape index (κ1) is 16.6. The van der Waals surface area contributed by atoms with Gasteiger partial charge in [-0.3, -0.25) is 0 Å². The van der Waals surface area contributed by atoms with Gasteiger partial charge in [-0.15, -0.1) is 0 Å². The molecule has 0 aliphatic heterocycles. The highest BCUT2D eigenvalue weighted by atomic mass is 79.9. The molecular formula is C16H14BrNO3S. The first-order chi connectivity index (χ1) is 10.6. The standard InChI is InChI=1S/C16H14BrNO3S/c17-14-7-6-8-15(13-14)21-12-5-4-11-18-22(19,20)16-9-2-1-3-10-16/h1-3,6-10,13,18H,11-12H2. The fraction of sp³-hybridized carbons (Fsp3) is 0.125. The molecule has 0 atom stereocenters. The van der Waals surface area contributed by atoms with Gasteiger partial charge in [0.15, 0.2) is 0 Å². The summed E-state index contributed by atoms with van der Waals surface area (Å²) in [5.41, 5.74) is 0. The van der Waals surface area contributed by atoms with Crippen molar-refractivity contribution in [3.05, 3.63) is 59.1 Å². The van der Waals surface area contributed by atoms with Gasteiger partial charge in [-0.1, -0.05) is 52.0 Å². The Morgan fingerprint density at radius 3 is 2.55 bits per heavy atom. The zero-order valence-corrected chi connectivity index (χ0v) is 14.0. The van der Waals surface area contributed by atoms with E-state index in [0.29, 0.717) is 5.75 Å². The maximum Gasteiger partial charge on any atom is 0.241 e. The molecule has 0 unspecified atom stereocenters. The highest BCUT2D eigenvalue weighted by Crippen LogP contribution is 2.17. The Morgan fingerprint density at radius 1 is 1.05 bits per heavy atom. The van der Waals surface area contributed by atoms with Crippen molar-refractivity contribution in [1.29, 1.82) is 0 Å². The van der Waals surface area contributed by atoms with Crippen molar-refractivity contribution >= 4 is 26.0 Å². The maximum absolute atomic E-state index is 11.9. The highest BCUT2D eigenvalue weighted by molar-refractivity contribution is 9.10. The van der Waals surface area contributed by atoms with Crippen molar-refractivity contribution in [2.24, 2.45) is 0 Å². The molecule has 0 spiro atoms. The second-order valence-electron chi connectivity index (χ2n) is 4.24. The van der Waals surface area contributed by atoms with Crippen LogP contribution in [0.5, 0.6) is 5.75 Å². The zero-order chi connectivity index (χ0) is 15.8. The van der Waals surface area contributed by atoms with Gasteiger partial charge >= 0.3 is 0 Å². The van der Waals surface area contributed by atoms with Gasteiger partial charge in [-0.25, -0.2) is 8.42 Å². The van der Waals surface area contributed by atoms with Crippen LogP contribution in [-0.2, 0) is 10.0 Å². The van der Waals surface area contributed by atoms with E-state index in [0.717, 1.165) is 4.47 Å². The first-order valence-corrected chi connectivity index (χ1v) is 8.74. The molecule has 0 aliphatic carbocycles. The number of rotatable bonds is 5. The van der Waals surface area contributed by atoms with E-state index in [1.54, 1.807) is 18.2 Å². The summed E-state index contributed by atoms with van der Waals surface area (Å²) in [6.45, 7) is 0.239. The molecule has 2 aromatic carbocycles. The van der Waals surface area contributed by atoms with Crippen molar-refractivity contribution in [2.45, 2.75) is 4.90 Å². The van der Waals surface area contributed by atoms with Crippen molar-refractivity contribution < 1.29 is 13.2 Å². The Hall–Kier alpha value is -1.81. The van der Waals surface area contributed by atoms with Crippen molar-refractivity contribution in [3.63, 3.8) is 0 Å². The van der Waals surface area contributed by atoms with Gasteiger partial charge in [-0.05, 0) is 30.3 Å². The predicted molar refractivity (Wildman–Crippen MR) is 89.0 cm³/mol. The zero-order valence-electron chi connectivity index (χ0n) is 11.6. The summed E-state index contributed by atoms with van der Waals surface area (Å²) in [6.07, 6.45) is 0. The van der Waals surface area contributed by atoms with Gasteiger partial charge in [0.05, 0.1) is 11.4 Å². The normalized spacial score (nSPS) is 10.6. The number of sulfonamides is 1. The minimum atomic E-state index is -3.50. The highest BCUT2D eigenvalue weighted by Gasteiger charge is 2.10. The molecular weight excluding hydrogens is 366 g/mol. The van der Waals surface area contributed by atoms with Crippen LogP contribution < -0.4 is 9.46 Å². The minimum absolute atomic E-state index is 0.0407. The summed E-state index contributed by atoms with van der Waals surface area (Å²) in [7, 11) is -3.50. The van der Waals surface area contributed by atoms with Crippen molar-refractivity contribution in [2.75, 3.05) is 13.2 Å². The van der Waals surface area contributed by atoms with Crippen molar-refractivity contribution in [3.8, 4) is 17.6 Å². The number of hydrogen-bond acceptors (Lipinski definition) is 3. The molecule has 114 valence electrons. The maximum atomic E-state index is 11.9. The van der Waals surface area contributed by atoms with Gasteiger partial charge < -0.3 is 4.74 Å². The Balaban J connectivity index is 1.80. The minimum Gasteiger partial charge on any atom is -0.481 e. The second kappa shape index (κ2) is 7.99. The Morgan fingerprint density at radius 2 is 1.82 bits per heavy atom. The molecule has 0 saturated heterocycles. The molecule has 0 saturated carbocycles. The number of hydrogen-bond donors (Lipinski definition) is 1. The molecule has 2 aromatic rings. The predicted octanol–water partition coefficient (Wildman–Crippen LogP) is 2.81. The van der Waals surface area contributed by atoms with Gasteiger partial charge in [0.25, 0.3) is 0 Å². The van der Waals surface area contributed by atoms with Crippen LogP contribution in [0.4, 0.5) is 0 Å². The van der Waals surface area contributed by atoms with E-state index in [1.807, 2.05) is 24.3 Å². The summed E-state index contributed by atoms with van der Waals surface area (Å²) >= 11 is 3.35. The summed E-state index contributed by atoms with van der Waals surface area (Å²) < 4.78 is 32.6. The fourth-order valence-electron chi connectivity index (χ4n) is 1.60. The molecule has 0 heterocycles. The summed E-state index contributed by atoms with van der Waals surface area (Å²) in [6, 6.07) is 15.6. The van der Waals surface area contributed by atoms with E-state index >= 15 is 0 Å². The summed E-state index contributed by atoms with van der Waals surface area (Å²) in [4.78, 5) is 0.224.